The molecule has 22 heavy (non-hydrogen) atoms. The Labute approximate surface area is 143 Å². The molecule has 2 aromatic rings. The smallest absolute Gasteiger partial charge is 0.191 e. The second-order valence-electron chi connectivity index (χ2n) is 4.66. The van der Waals surface area contributed by atoms with Crippen LogP contribution in [-0.4, -0.2) is 26.7 Å². The fourth-order valence-electron chi connectivity index (χ4n) is 1.98. The van der Waals surface area contributed by atoms with Crippen LogP contribution >= 0.6 is 27.3 Å². The van der Waals surface area contributed by atoms with Crippen LogP contribution in [0.5, 0.6) is 5.75 Å². The molecule has 0 bridgehead atoms. The van der Waals surface area contributed by atoms with Crippen molar-refractivity contribution in [2.24, 2.45) is 4.99 Å². The van der Waals surface area contributed by atoms with E-state index in [9.17, 15) is 0 Å². The maximum Gasteiger partial charge on any atom is 0.191 e. The van der Waals surface area contributed by atoms with Gasteiger partial charge in [-0.05, 0) is 52.2 Å². The Morgan fingerprint density at radius 2 is 2.14 bits per heavy atom. The highest BCUT2D eigenvalue weighted by Crippen LogP contribution is 2.22. The molecule has 6 heteroatoms. The number of rotatable bonds is 6. The van der Waals surface area contributed by atoms with Crippen LogP contribution in [0.2, 0.25) is 0 Å². The fourth-order valence-corrected chi connectivity index (χ4v) is 3.46. The van der Waals surface area contributed by atoms with Gasteiger partial charge in [0.2, 0.25) is 0 Å². The summed E-state index contributed by atoms with van der Waals surface area (Å²) in [4.78, 5) is 5.59. The van der Waals surface area contributed by atoms with Crippen molar-refractivity contribution in [3.63, 3.8) is 0 Å². The first-order chi connectivity index (χ1) is 10.7. The minimum atomic E-state index is 0.710. The van der Waals surface area contributed by atoms with Crippen molar-refractivity contribution < 1.29 is 4.74 Å². The number of aliphatic imine (C=N–C) groups is 1. The van der Waals surface area contributed by atoms with Crippen LogP contribution in [0.4, 0.5) is 0 Å². The SMILES string of the molecule is CN=C(NCCc1ccc(Br)s1)NCc1cccc(OC)c1. The van der Waals surface area contributed by atoms with Gasteiger partial charge in [0.25, 0.3) is 0 Å². The lowest BCUT2D eigenvalue weighted by molar-refractivity contribution is 0.414. The lowest BCUT2D eigenvalue weighted by Crippen LogP contribution is -2.37. The predicted octanol–water partition coefficient (Wildman–Crippen LogP) is 3.43. The van der Waals surface area contributed by atoms with Crippen molar-refractivity contribution >= 4 is 33.2 Å². The van der Waals surface area contributed by atoms with Gasteiger partial charge in [-0.3, -0.25) is 4.99 Å². The number of benzene rings is 1. The molecule has 0 fully saturated rings. The first-order valence-electron chi connectivity index (χ1n) is 7.03. The van der Waals surface area contributed by atoms with Crippen LogP contribution in [0.1, 0.15) is 10.4 Å². The Morgan fingerprint density at radius 1 is 1.27 bits per heavy atom. The van der Waals surface area contributed by atoms with Crippen molar-refractivity contribution in [3.8, 4) is 5.75 Å². The number of methoxy groups -OCH3 is 1. The van der Waals surface area contributed by atoms with Gasteiger partial charge >= 0.3 is 0 Å². The van der Waals surface area contributed by atoms with Crippen molar-refractivity contribution in [1.82, 2.24) is 10.6 Å². The molecular formula is C16H20BrN3OS. The molecule has 0 aliphatic heterocycles. The maximum absolute atomic E-state index is 5.23. The topological polar surface area (TPSA) is 45.7 Å². The van der Waals surface area contributed by atoms with E-state index in [0.29, 0.717) is 6.54 Å². The summed E-state index contributed by atoms with van der Waals surface area (Å²) in [6.45, 7) is 1.56. The molecule has 4 nitrogen and oxygen atoms in total. The van der Waals surface area contributed by atoms with E-state index in [1.165, 1.54) is 8.66 Å². The highest BCUT2D eigenvalue weighted by Gasteiger charge is 2.01. The molecule has 0 radical (unpaired) electrons. The average Bonchev–Trinajstić information content (AvgIpc) is 2.96. The molecule has 1 heterocycles. The van der Waals surface area contributed by atoms with Crippen LogP contribution in [0.3, 0.4) is 0 Å². The zero-order valence-electron chi connectivity index (χ0n) is 12.7. The third kappa shape index (κ3) is 5.35. The minimum absolute atomic E-state index is 0.710. The molecule has 0 spiro atoms. The van der Waals surface area contributed by atoms with E-state index < -0.39 is 0 Å². The van der Waals surface area contributed by atoms with Crippen molar-refractivity contribution in [3.05, 3.63) is 50.6 Å². The molecule has 2 rings (SSSR count). The molecule has 1 aromatic carbocycles. The molecule has 0 atom stereocenters. The summed E-state index contributed by atoms with van der Waals surface area (Å²) in [6.07, 6.45) is 0.982. The van der Waals surface area contributed by atoms with Crippen molar-refractivity contribution in [2.45, 2.75) is 13.0 Å². The lowest BCUT2D eigenvalue weighted by atomic mass is 10.2. The van der Waals surface area contributed by atoms with Gasteiger partial charge in [-0.25, -0.2) is 0 Å². The summed E-state index contributed by atoms with van der Waals surface area (Å²) in [7, 11) is 3.46. The third-order valence-electron chi connectivity index (χ3n) is 3.11. The average molecular weight is 382 g/mol. The summed E-state index contributed by atoms with van der Waals surface area (Å²) in [5.74, 6) is 1.67. The van der Waals surface area contributed by atoms with Crippen LogP contribution in [0, 0.1) is 0 Å². The monoisotopic (exact) mass is 381 g/mol. The Morgan fingerprint density at radius 3 is 2.82 bits per heavy atom. The quantitative estimate of drug-likeness (QED) is 0.595. The summed E-state index contributed by atoms with van der Waals surface area (Å²) in [6, 6.07) is 12.2. The number of halogens is 1. The molecule has 0 amide bonds. The van der Waals surface area contributed by atoms with E-state index in [0.717, 1.165) is 30.2 Å². The number of guanidine groups is 1. The zero-order chi connectivity index (χ0) is 15.8. The summed E-state index contributed by atoms with van der Waals surface area (Å²) < 4.78 is 6.40. The summed E-state index contributed by atoms with van der Waals surface area (Å²) in [5.41, 5.74) is 1.16. The molecule has 2 N–H and O–H groups in total. The number of hydrogen-bond acceptors (Lipinski definition) is 3. The molecular weight excluding hydrogens is 362 g/mol. The predicted molar refractivity (Wildman–Crippen MR) is 96.9 cm³/mol. The lowest BCUT2D eigenvalue weighted by Gasteiger charge is -2.12. The third-order valence-corrected chi connectivity index (χ3v) is 4.79. The molecule has 1 aromatic heterocycles. The van der Waals surface area contributed by atoms with Crippen molar-refractivity contribution in [2.75, 3.05) is 20.7 Å². The number of ether oxygens (including phenoxy) is 1. The Kier molecular flexibility index (Phi) is 6.74. The van der Waals surface area contributed by atoms with Crippen molar-refractivity contribution in [1.29, 1.82) is 0 Å². The van der Waals surface area contributed by atoms with Crippen LogP contribution in [-0.2, 0) is 13.0 Å². The van der Waals surface area contributed by atoms with Crippen LogP contribution < -0.4 is 15.4 Å². The minimum Gasteiger partial charge on any atom is -0.497 e. The second-order valence-corrected chi connectivity index (χ2v) is 7.21. The van der Waals surface area contributed by atoms with E-state index in [4.69, 9.17) is 4.74 Å². The number of nitrogens with one attached hydrogen (secondary N) is 2. The van der Waals surface area contributed by atoms with E-state index in [-0.39, 0.29) is 0 Å². The molecule has 0 aliphatic rings. The highest BCUT2D eigenvalue weighted by atomic mass is 79.9. The molecule has 0 saturated heterocycles. The van der Waals surface area contributed by atoms with Gasteiger partial charge in [0.15, 0.2) is 5.96 Å². The van der Waals surface area contributed by atoms with E-state index in [1.807, 2.05) is 18.2 Å². The molecule has 118 valence electrons. The Bertz CT molecular complexity index is 627. The van der Waals surface area contributed by atoms with E-state index in [1.54, 1.807) is 25.5 Å². The number of thiophene rings is 1. The highest BCUT2D eigenvalue weighted by molar-refractivity contribution is 9.11. The largest absolute Gasteiger partial charge is 0.497 e. The summed E-state index contributed by atoms with van der Waals surface area (Å²) >= 11 is 5.24. The molecule has 0 aliphatic carbocycles. The van der Waals surface area contributed by atoms with Gasteiger partial charge < -0.3 is 15.4 Å². The van der Waals surface area contributed by atoms with Crippen LogP contribution in [0.15, 0.2) is 45.2 Å². The van der Waals surface area contributed by atoms with E-state index in [2.05, 4.69) is 49.8 Å². The zero-order valence-corrected chi connectivity index (χ0v) is 15.1. The Balaban J connectivity index is 1.77. The second kappa shape index (κ2) is 8.80. The number of hydrogen-bond donors (Lipinski definition) is 2. The fraction of sp³-hybridized carbons (Fsp3) is 0.312. The van der Waals surface area contributed by atoms with E-state index >= 15 is 0 Å². The maximum atomic E-state index is 5.23. The standard InChI is InChI=1S/C16H20BrN3OS/c1-18-16(19-9-8-14-6-7-15(17)22-14)20-11-12-4-3-5-13(10-12)21-2/h3-7,10H,8-9,11H2,1-2H3,(H2,18,19,20). The summed E-state index contributed by atoms with van der Waals surface area (Å²) in [5, 5.41) is 6.63. The van der Waals surface area contributed by atoms with Gasteiger partial charge in [0.05, 0.1) is 10.9 Å². The normalized spacial score (nSPS) is 11.3. The van der Waals surface area contributed by atoms with Gasteiger partial charge in [-0.2, -0.15) is 0 Å². The first-order valence-corrected chi connectivity index (χ1v) is 8.64. The first kappa shape index (κ1) is 16.8. The van der Waals surface area contributed by atoms with Gasteiger partial charge in [-0.1, -0.05) is 12.1 Å². The number of nitrogens with zero attached hydrogens (tertiary/aromatic N) is 1. The van der Waals surface area contributed by atoms with Gasteiger partial charge in [-0.15, -0.1) is 11.3 Å². The molecule has 0 unspecified atom stereocenters. The van der Waals surface area contributed by atoms with Gasteiger partial charge in [0.1, 0.15) is 5.75 Å². The Hall–Kier alpha value is -1.53. The van der Waals surface area contributed by atoms with Gasteiger partial charge in [0, 0.05) is 25.0 Å². The van der Waals surface area contributed by atoms with Crippen LogP contribution in [0.25, 0.3) is 0 Å². The molecule has 0 saturated carbocycles.